The molecule has 32 heavy (non-hydrogen) atoms. The second-order valence-electron chi connectivity index (χ2n) is 6.49. The van der Waals surface area contributed by atoms with Gasteiger partial charge >= 0.3 is 5.97 Å². The van der Waals surface area contributed by atoms with E-state index in [1.807, 2.05) is 37.3 Å². The van der Waals surface area contributed by atoms with Crippen molar-refractivity contribution in [1.82, 2.24) is 0 Å². The molecule has 0 aliphatic carbocycles. The third-order valence-electron chi connectivity index (χ3n) is 4.14. The van der Waals surface area contributed by atoms with Gasteiger partial charge in [0, 0.05) is 10.8 Å². The molecule has 0 bridgehead atoms. The van der Waals surface area contributed by atoms with Crippen LogP contribution in [0.3, 0.4) is 0 Å². The predicted molar refractivity (Wildman–Crippen MR) is 131 cm³/mol. The van der Waals surface area contributed by atoms with Crippen LogP contribution in [0.2, 0.25) is 5.02 Å². The van der Waals surface area contributed by atoms with Gasteiger partial charge in [0.2, 0.25) is 0 Å². The van der Waals surface area contributed by atoms with E-state index in [0.717, 1.165) is 11.1 Å². The van der Waals surface area contributed by atoms with Crippen LogP contribution in [0.15, 0.2) is 83.0 Å². The molecule has 0 aromatic heterocycles. The van der Waals surface area contributed by atoms with Crippen LogP contribution >= 0.6 is 23.4 Å². The number of amidine groups is 1. The molecule has 0 atom stereocenters. The van der Waals surface area contributed by atoms with Crippen molar-refractivity contribution in [2.24, 2.45) is 15.9 Å². The van der Waals surface area contributed by atoms with Gasteiger partial charge in [-0.05, 0) is 60.5 Å². The molecular weight excluding hydrogens is 446 g/mol. The highest BCUT2D eigenvalue weighted by Gasteiger charge is 2.13. The lowest BCUT2D eigenvalue weighted by Gasteiger charge is -2.11. The van der Waals surface area contributed by atoms with Crippen molar-refractivity contribution in [1.29, 1.82) is 0 Å². The normalized spacial score (nSPS) is 11.5. The number of hydrogen-bond donors (Lipinski definition) is 1. The summed E-state index contributed by atoms with van der Waals surface area (Å²) in [5, 5.41) is 8.97. The van der Waals surface area contributed by atoms with E-state index >= 15 is 0 Å². The summed E-state index contributed by atoms with van der Waals surface area (Å²) >= 11 is 7.27. The Labute approximate surface area is 196 Å². The quantitative estimate of drug-likeness (QED) is 0.154. The van der Waals surface area contributed by atoms with E-state index in [1.54, 1.807) is 48.7 Å². The Morgan fingerprint density at radius 3 is 2.53 bits per heavy atom. The molecule has 3 aromatic carbocycles. The van der Waals surface area contributed by atoms with Crippen LogP contribution in [0.5, 0.6) is 11.5 Å². The van der Waals surface area contributed by atoms with E-state index in [4.69, 9.17) is 26.8 Å². The molecule has 6 nitrogen and oxygen atoms in total. The van der Waals surface area contributed by atoms with E-state index in [9.17, 15) is 4.79 Å². The van der Waals surface area contributed by atoms with Gasteiger partial charge in [0.1, 0.15) is 0 Å². The SMILES string of the molecule is CCOc1cc(C=NN=C(N)SCc2ccccc2)ccc1OC(=O)c1ccc(Cl)cc1. The summed E-state index contributed by atoms with van der Waals surface area (Å²) in [5.74, 6) is 0.949. The second kappa shape index (κ2) is 11.9. The van der Waals surface area contributed by atoms with Crippen LogP contribution in [0, 0.1) is 0 Å². The van der Waals surface area contributed by atoms with E-state index in [1.165, 1.54) is 11.8 Å². The first-order valence-electron chi connectivity index (χ1n) is 9.83. The second-order valence-corrected chi connectivity index (χ2v) is 7.92. The largest absolute Gasteiger partial charge is 0.490 e. The third-order valence-corrected chi connectivity index (χ3v) is 5.25. The predicted octanol–water partition coefficient (Wildman–Crippen LogP) is 5.54. The highest BCUT2D eigenvalue weighted by Crippen LogP contribution is 2.29. The van der Waals surface area contributed by atoms with E-state index in [-0.39, 0.29) is 0 Å². The van der Waals surface area contributed by atoms with Crippen molar-refractivity contribution in [2.75, 3.05) is 6.61 Å². The number of carbonyl (C=O) groups excluding carboxylic acids is 1. The van der Waals surface area contributed by atoms with Crippen molar-refractivity contribution in [2.45, 2.75) is 12.7 Å². The number of benzene rings is 3. The number of carbonyl (C=O) groups is 1. The van der Waals surface area contributed by atoms with Crippen molar-refractivity contribution in [3.8, 4) is 11.5 Å². The molecule has 8 heteroatoms. The summed E-state index contributed by atoms with van der Waals surface area (Å²) in [7, 11) is 0. The molecule has 0 unspecified atom stereocenters. The van der Waals surface area contributed by atoms with E-state index in [0.29, 0.717) is 39.6 Å². The number of halogens is 1. The standard InChI is InChI=1S/C24H22ClN3O3S/c1-2-30-22-14-18(15-27-28-24(26)32-16-17-6-4-3-5-7-17)8-13-21(22)31-23(29)19-9-11-20(25)12-10-19/h3-15H,2,16H2,1H3,(H2,26,28). The summed E-state index contributed by atoms with van der Waals surface area (Å²) in [6, 6.07) is 21.6. The molecule has 0 fully saturated rings. The first-order valence-corrected chi connectivity index (χ1v) is 11.2. The molecule has 2 N–H and O–H groups in total. The van der Waals surface area contributed by atoms with Crippen LogP contribution in [-0.2, 0) is 5.75 Å². The molecule has 0 saturated heterocycles. The monoisotopic (exact) mass is 467 g/mol. The van der Waals surface area contributed by atoms with Gasteiger partial charge in [-0.1, -0.05) is 53.7 Å². The minimum Gasteiger partial charge on any atom is -0.490 e. The van der Waals surface area contributed by atoms with Crippen molar-refractivity contribution < 1.29 is 14.3 Å². The van der Waals surface area contributed by atoms with Crippen LogP contribution < -0.4 is 15.2 Å². The lowest BCUT2D eigenvalue weighted by molar-refractivity contribution is 0.0728. The van der Waals surface area contributed by atoms with Gasteiger partial charge < -0.3 is 15.2 Å². The Hall–Kier alpha value is -3.29. The topological polar surface area (TPSA) is 86.3 Å². The zero-order chi connectivity index (χ0) is 22.8. The minimum atomic E-state index is -0.503. The van der Waals surface area contributed by atoms with Crippen molar-refractivity contribution in [3.63, 3.8) is 0 Å². The van der Waals surface area contributed by atoms with Gasteiger partial charge in [0.25, 0.3) is 0 Å². The number of esters is 1. The first kappa shape index (κ1) is 23.4. The average Bonchev–Trinajstić information content (AvgIpc) is 2.80. The van der Waals surface area contributed by atoms with Crippen LogP contribution in [0.1, 0.15) is 28.4 Å². The number of nitrogens with zero attached hydrogens (tertiary/aromatic N) is 2. The van der Waals surface area contributed by atoms with Gasteiger partial charge in [0.15, 0.2) is 16.7 Å². The van der Waals surface area contributed by atoms with Gasteiger partial charge in [-0.15, -0.1) is 5.10 Å². The van der Waals surface area contributed by atoms with Crippen LogP contribution in [0.25, 0.3) is 0 Å². The summed E-state index contributed by atoms with van der Waals surface area (Å²) in [5.41, 5.74) is 8.19. The number of hydrogen-bond acceptors (Lipinski definition) is 6. The van der Waals surface area contributed by atoms with Crippen LogP contribution in [-0.4, -0.2) is 24.0 Å². The summed E-state index contributed by atoms with van der Waals surface area (Å²) in [6.07, 6.45) is 1.56. The van der Waals surface area contributed by atoms with Gasteiger partial charge in [-0.3, -0.25) is 0 Å². The summed E-state index contributed by atoms with van der Waals surface area (Å²) < 4.78 is 11.1. The van der Waals surface area contributed by atoms with Gasteiger partial charge in [-0.25, -0.2) is 4.79 Å². The molecule has 3 aromatic rings. The number of thioether (sulfide) groups is 1. The lowest BCUT2D eigenvalue weighted by atomic mass is 10.2. The zero-order valence-corrected chi connectivity index (χ0v) is 19.0. The molecule has 0 radical (unpaired) electrons. The minimum absolute atomic E-state index is 0.311. The molecule has 0 heterocycles. The van der Waals surface area contributed by atoms with Gasteiger partial charge in [0.05, 0.1) is 18.4 Å². The average molecular weight is 468 g/mol. The van der Waals surface area contributed by atoms with E-state index in [2.05, 4.69) is 10.2 Å². The van der Waals surface area contributed by atoms with Crippen molar-refractivity contribution in [3.05, 3.63) is 94.5 Å². The highest BCUT2D eigenvalue weighted by molar-refractivity contribution is 8.13. The fraction of sp³-hybridized carbons (Fsp3) is 0.125. The number of rotatable bonds is 8. The van der Waals surface area contributed by atoms with E-state index < -0.39 is 5.97 Å². The smallest absolute Gasteiger partial charge is 0.343 e. The Balaban J connectivity index is 1.65. The molecule has 164 valence electrons. The molecule has 0 spiro atoms. The van der Waals surface area contributed by atoms with Crippen molar-refractivity contribution >= 4 is 40.7 Å². The molecule has 3 rings (SSSR count). The number of ether oxygens (including phenoxy) is 2. The maximum absolute atomic E-state index is 12.4. The maximum atomic E-state index is 12.4. The zero-order valence-electron chi connectivity index (χ0n) is 17.4. The molecule has 0 amide bonds. The Morgan fingerprint density at radius 1 is 1.06 bits per heavy atom. The Morgan fingerprint density at radius 2 is 1.81 bits per heavy atom. The fourth-order valence-electron chi connectivity index (χ4n) is 2.62. The third kappa shape index (κ3) is 7.14. The van der Waals surface area contributed by atoms with Gasteiger partial charge in [-0.2, -0.15) is 5.10 Å². The highest BCUT2D eigenvalue weighted by atomic mass is 35.5. The lowest BCUT2D eigenvalue weighted by Crippen LogP contribution is -2.09. The molecule has 0 saturated carbocycles. The molecule has 0 aliphatic heterocycles. The fourth-order valence-corrected chi connectivity index (χ4v) is 3.35. The van der Waals surface area contributed by atoms with Crippen LogP contribution in [0.4, 0.5) is 0 Å². The molecule has 0 aliphatic rings. The number of nitrogens with two attached hydrogens (primary N) is 1. The molecular formula is C24H22ClN3O3S. The maximum Gasteiger partial charge on any atom is 0.343 e. The summed E-state index contributed by atoms with van der Waals surface area (Å²) in [4.78, 5) is 12.4. The first-order chi connectivity index (χ1) is 15.5. The summed E-state index contributed by atoms with van der Waals surface area (Å²) in [6.45, 7) is 2.26. The Bertz CT molecular complexity index is 1100. The Kier molecular flexibility index (Phi) is 8.71.